The van der Waals surface area contributed by atoms with Gasteiger partial charge in [0.25, 0.3) is 0 Å². The van der Waals surface area contributed by atoms with Crippen LogP contribution in [0.1, 0.15) is 6.92 Å². The minimum absolute atomic E-state index is 0.266. The summed E-state index contributed by atoms with van der Waals surface area (Å²) in [6.45, 7) is 2.86. The molecule has 0 radical (unpaired) electrons. The molecule has 0 bridgehead atoms. The molecule has 1 aromatic rings. The molecule has 0 fully saturated rings. The van der Waals surface area contributed by atoms with E-state index in [9.17, 15) is 4.79 Å². The van der Waals surface area contributed by atoms with E-state index in [1.54, 1.807) is 25.4 Å². The quantitative estimate of drug-likeness (QED) is 0.744. The Labute approximate surface area is 100 Å². The van der Waals surface area contributed by atoms with Crippen LogP contribution in [0.25, 0.3) is 0 Å². The number of hydrogen-bond acceptors (Lipinski definition) is 4. The summed E-state index contributed by atoms with van der Waals surface area (Å²) in [6, 6.07) is 3.85. The van der Waals surface area contributed by atoms with Crippen LogP contribution >= 0.6 is 0 Å². The second kappa shape index (κ2) is 5.30. The zero-order valence-electron chi connectivity index (χ0n) is 9.67. The molecule has 0 atom stereocenters. The Balaban J connectivity index is 2.03. The van der Waals surface area contributed by atoms with E-state index in [1.165, 1.54) is 0 Å². The van der Waals surface area contributed by atoms with Gasteiger partial charge in [-0.05, 0) is 25.1 Å². The van der Waals surface area contributed by atoms with E-state index in [-0.39, 0.29) is 5.97 Å². The Morgan fingerprint density at radius 2 is 2.24 bits per heavy atom. The number of esters is 1. The van der Waals surface area contributed by atoms with Crippen molar-refractivity contribution in [3.63, 3.8) is 0 Å². The Morgan fingerprint density at radius 3 is 2.82 bits per heavy atom. The predicted octanol–water partition coefficient (Wildman–Crippen LogP) is 1.90. The lowest BCUT2D eigenvalue weighted by Gasteiger charge is -2.21. The third-order valence-corrected chi connectivity index (χ3v) is 2.45. The Bertz CT molecular complexity index is 452. The molecule has 2 rings (SSSR count). The first-order valence-electron chi connectivity index (χ1n) is 5.53. The third kappa shape index (κ3) is 2.72. The van der Waals surface area contributed by atoms with E-state index in [2.05, 4.69) is 4.98 Å². The summed E-state index contributed by atoms with van der Waals surface area (Å²) in [5, 5.41) is 0. The van der Waals surface area contributed by atoms with Crippen molar-refractivity contribution in [3.8, 4) is 0 Å². The number of carbonyl (C=O) groups is 1. The number of anilines is 1. The maximum absolute atomic E-state index is 11.5. The van der Waals surface area contributed by atoms with Crippen molar-refractivity contribution in [2.75, 3.05) is 18.1 Å². The first-order valence-corrected chi connectivity index (χ1v) is 5.53. The predicted molar refractivity (Wildman–Crippen MR) is 65.4 cm³/mol. The molecule has 1 aliphatic rings. The summed E-state index contributed by atoms with van der Waals surface area (Å²) in [4.78, 5) is 17.5. The SMILES string of the molecule is CCOC(=O)C1=CCN(c2ccncc2)C=C1. The molecule has 88 valence electrons. The molecule has 0 saturated heterocycles. The van der Waals surface area contributed by atoms with Gasteiger partial charge in [-0.2, -0.15) is 0 Å². The molecular formula is C13H14N2O2. The molecule has 0 saturated carbocycles. The van der Waals surface area contributed by atoms with Crippen molar-refractivity contribution in [3.05, 3.63) is 48.5 Å². The maximum Gasteiger partial charge on any atom is 0.337 e. The maximum atomic E-state index is 11.5. The minimum atomic E-state index is -0.266. The van der Waals surface area contributed by atoms with Gasteiger partial charge in [-0.25, -0.2) is 4.79 Å². The number of carbonyl (C=O) groups excluding carboxylic acids is 1. The van der Waals surface area contributed by atoms with E-state index in [1.807, 2.05) is 29.3 Å². The van der Waals surface area contributed by atoms with Gasteiger partial charge in [0.05, 0.1) is 12.2 Å². The highest BCUT2D eigenvalue weighted by Gasteiger charge is 2.12. The number of rotatable bonds is 3. The molecule has 1 aromatic heterocycles. The summed E-state index contributed by atoms with van der Waals surface area (Å²) in [5.74, 6) is -0.266. The van der Waals surface area contributed by atoms with Crippen molar-refractivity contribution in [2.24, 2.45) is 0 Å². The lowest BCUT2D eigenvalue weighted by Crippen LogP contribution is -2.21. The van der Waals surface area contributed by atoms with Gasteiger partial charge in [-0.3, -0.25) is 4.98 Å². The highest BCUT2D eigenvalue weighted by Crippen LogP contribution is 2.17. The fraction of sp³-hybridized carbons (Fsp3) is 0.231. The van der Waals surface area contributed by atoms with Crippen molar-refractivity contribution < 1.29 is 9.53 Å². The highest BCUT2D eigenvalue weighted by molar-refractivity contribution is 5.92. The fourth-order valence-electron chi connectivity index (χ4n) is 1.59. The Kier molecular flexibility index (Phi) is 3.55. The van der Waals surface area contributed by atoms with Gasteiger partial charge < -0.3 is 9.64 Å². The van der Waals surface area contributed by atoms with E-state index >= 15 is 0 Å². The average Bonchev–Trinajstić information content (AvgIpc) is 2.40. The molecule has 1 aliphatic heterocycles. The molecule has 2 heterocycles. The first kappa shape index (κ1) is 11.4. The monoisotopic (exact) mass is 230 g/mol. The second-order valence-corrected chi connectivity index (χ2v) is 3.55. The number of nitrogens with zero attached hydrogens (tertiary/aromatic N) is 2. The van der Waals surface area contributed by atoms with Crippen LogP contribution in [0.5, 0.6) is 0 Å². The van der Waals surface area contributed by atoms with Gasteiger partial charge in [-0.15, -0.1) is 0 Å². The lowest BCUT2D eigenvalue weighted by atomic mass is 10.2. The molecule has 4 heteroatoms. The van der Waals surface area contributed by atoms with Crippen LogP contribution in [0.15, 0.2) is 48.5 Å². The summed E-state index contributed by atoms with van der Waals surface area (Å²) < 4.78 is 4.94. The lowest BCUT2D eigenvalue weighted by molar-refractivity contribution is -0.138. The molecule has 0 aromatic carbocycles. The van der Waals surface area contributed by atoms with Crippen LogP contribution in [-0.2, 0) is 9.53 Å². The second-order valence-electron chi connectivity index (χ2n) is 3.55. The van der Waals surface area contributed by atoms with Crippen LogP contribution in [0.2, 0.25) is 0 Å². The Morgan fingerprint density at radius 1 is 1.47 bits per heavy atom. The van der Waals surface area contributed by atoms with Gasteiger partial charge in [0.2, 0.25) is 0 Å². The first-order chi connectivity index (χ1) is 8.31. The highest BCUT2D eigenvalue weighted by atomic mass is 16.5. The number of aromatic nitrogens is 1. The van der Waals surface area contributed by atoms with Gasteiger partial charge in [0.1, 0.15) is 0 Å². The van der Waals surface area contributed by atoms with E-state index in [4.69, 9.17) is 4.74 Å². The zero-order valence-corrected chi connectivity index (χ0v) is 9.67. The Hall–Kier alpha value is -2.10. The third-order valence-electron chi connectivity index (χ3n) is 2.45. The average molecular weight is 230 g/mol. The van der Waals surface area contributed by atoms with E-state index in [0.29, 0.717) is 18.7 Å². The van der Waals surface area contributed by atoms with Crippen molar-refractivity contribution in [1.82, 2.24) is 4.98 Å². The zero-order chi connectivity index (χ0) is 12.1. The molecule has 0 N–H and O–H groups in total. The standard InChI is InChI=1S/C13H14N2O2/c1-2-17-13(16)11-5-9-15(10-6-11)12-3-7-14-8-4-12/h3-9H,2,10H2,1H3. The largest absolute Gasteiger partial charge is 0.462 e. The summed E-state index contributed by atoms with van der Waals surface area (Å²) in [7, 11) is 0. The molecule has 0 spiro atoms. The molecule has 17 heavy (non-hydrogen) atoms. The molecule has 0 aliphatic carbocycles. The molecule has 0 unspecified atom stereocenters. The molecular weight excluding hydrogens is 216 g/mol. The van der Waals surface area contributed by atoms with Gasteiger partial charge in [-0.1, -0.05) is 6.08 Å². The van der Waals surface area contributed by atoms with Crippen LogP contribution in [-0.4, -0.2) is 24.1 Å². The smallest absolute Gasteiger partial charge is 0.337 e. The number of pyridine rings is 1. The summed E-state index contributed by atoms with van der Waals surface area (Å²) >= 11 is 0. The number of ether oxygens (including phenoxy) is 1. The van der Waals surface area contributed by atoms with Gasteiger partial charge >= 0.3 is 5.97 Å². The molecule has 4 nitrogen and oxygen atoms in total. The van der Waals surface area contributed by atoms with E-state index in [0.717, 1.165) is 5.69 Å². The topological polar surface area (TPSA) is 42.4 Å². The minimum Gasteiger partial charge on any atom is -0.462 e. The van der Waals surface area contributed by atoms with Crippen LogP contribution in [0, 0.1) is 0 Å². The normalized spacial score (nSPS) is 14.4. The fourth-order valence-corrected chi connectivity index (χ4v) is 1.59. The van der Waals surface area contributed by atoms with Crippen LogP contribution in [0.4, 0.5) is 5.69 Å². The van der Waals surface area contributed by atoms with Crippen molar-refractivity contribution >= 4 is 11.7 Å². The van der Waals surface area contributed by atoms with Crippen LogP contribution < -0.4 is 4.90 Å². The van der Waals surface area contributed by atoms with Crippen molar-refractivity contribution in [1.29, 1.82) is 0 Å². The summed E-state index contributed by atoms with van der Waals surface area (Å²) in [5.41, 5.74) is 1.66. The number of hydrogen-bond donors (Lipinski definition) is 0. The summed E-state index contributed by atoms with van der Waals surface area (Å²) in [6.07, 6.45) is 8.99. The van der Waals surface area contributed by atoms with Gasteiger partial charge in [0.15, 0.2) is 0 Å². The van der Waals surface area contributed by atoms with E-state index < -0.39 is 0 Å². The molecule has 0 amide bonds. The van der Waals surface area contributed by atoms with Crippen molar-refractivity contribution in [2.45, 2.75) is 6.92 Å². The van der Waals surface area contributed by atoms with Crippen LogP contribution in [0.3, 0.4) is 0 Å². The van der Waals surface area contributed by atoms with Gasteiger partial charge in [0, 0.05) is 30.8 Å².